The number of esters is 1. The topological polar surface area (TPSA) is 107 Å². The molecule has 0 saturated heterocycles. The van der Waals surface area contributed by atoms with Crippen molar-refractivity contribution in [3.8, 4) is 0 Å². The van der Waals surface area contributed by atoms with Gasteiger partial charge >= 0.3 is 17.7 Å². The Morgan fingerprint density at radius 1 is 1.42 bits per heavy atom. The summed E-state index contributed by atoms with van der Waals surface area (Å²) >= 11 is 0. The van der Waals surface area contributed by atoms with Gasteiger partial charge in [-0.2, -0.15) is 13.2 Å². The lowest BCUT2D eigenvalue weighted by molar-refractivity contribution is -0.563. The molecule has 0 bridgehead atoms. The number of nitrogens with two attached hydrogens (primary N) is 1. The smallest absolute Gasteiger partial charge is 0.416 e. The lowest BCUT2D eigenvalue weighted by Crippen LogP contribution is -2.66. The predicted molar refractivity (Wildman–Crippen MR) is 85.4 cm³/mol. The second-order valence-electron chi connectivity index (χ2n) is 5.85. The molecular weight excluding hydrogens is 355 g/mol. The third-order valence-corrected chi connectivity index (χ3v) is 4.37. The fourth-order valence-corrected chi connectivity index (χ4v) is 3.23. The molecule has 3 N–H and O–H groups in total. The zero-order valence-corrected chi connectivity index (χ0v) is 14.0. The summed E-state index contributed by atoms with van der Waals surface area (Å²) in [7, 11) is 0. The minimum atomic E-state index is -4.76. The number of nitrogens with zero attached hydrogens (tertiary/aromatic N) is 1. The van der Waals surface area contributed by atoms with Gasteiger partial charge in [-0.3, -0.25) is 10.1 Å². The predicted octanol–water partition coefficient (Wildman–Crippen LogP) is 2.16. The number of hydrogen-bond acceptors (Lipinski definition) is 6. The summed E-state index contributed by atoms with van der Waals surface area (Å²) in [6.07, 6.45) is -3.70. The molecule has 2 rings (SSSR count). The Kier molecular flexibility index (Phi) is 5.15. The van der Waals surface area contributed by atoms with E-state index in [-0.39, 0.29) is 12.4 Å². The Bertz CT molecular complexity index is 751. The molecule has 1 aromatic carbocycles. The second kappa shape index (κ2) is 6.85. The highest BCUT2D eigenvalue weighted by Crippen LogP contribution is 2.44. The number of hydrogen-bond donors (Lipinski definition) is 2. The van der Waals surface area contributed by atoms with E-state index in [2.05, 4.69) is 5.32 Å². The number of alkyl halides is 3. The van der Waals surface area contributed by atoms with Gasteiger partial charge in [0, 0.05) is 4.92 Å². The first-order valence-corrected chi connectivity index (χ1v) is 7.78. The molecule has 0 radical (unpaired) electrons. The van der Waals surface area contributed by atoms with Crippen LogP contribution in [0.2, 0.25) is 0 Å². The van der Waals surface area contributed by atoms with Gasteiger partial charge in [-0.05, 0) is 31.6 Å². The maximum atomic E-state index is 13.4. The summed E-state index contributed by atoms with van der Waals surface area (Å²) in [6, 6.07) is 3.20. The summed E-state index contributed by atoms with van der Waals surface area (Å²) in [5.74, 6) is -2.84. The first-order valence-electron chi connectivity index (χ1n) is 7.78. The molecule has 0 aromatic heterocycles. The van der Waals surface area contributed by atoms with E-state index in [4.69, 9.17) is 10.5 Å². The summed E-state index contributed by atoms with van der Waals surface area (Å²) < 4.78 is 45.2. The molecule has 0 spiro atoms. The molecule has 0 saturated carbocycles. The van der Waals surface area contributed by atoms with Crippen molar-refractivity contribution < 1.29 is 27.6 Å². The summed E-state index contributed by atoms with van der Waals surface area (Å²) in [6.45, 7) is 2.60. The Labute approximate surface area is 147 Å². The van der Waals surface area contributed by atoms with Crippen LogP contribution in [0.1, 0.15) is 30.9 Å². The molecule has 3 unspecified atom stereocenters. The minimum absolute atomic E-state index is 0.0544. The third-order valence-electron chi connectivity index (χ3n) is 4.37. The van der Waals surface area contributed by atoms with Crippen molar-refractivity contribution in [1.82, 2.24) is 5.32 Å². The number of carbonyl (C=O) groups is 1. The number of benzene rings is 1. The van der Waals surface area contributed by atoms with Gasteiger partial charge in [0.05, 0.1) is 23.9 Å². The molecule has 0 amide bonds. The van der Waals surface area contributed by atoms with Crippen LogP contribution in [0.3, 0.4) is 0 Å². The quantitative estimate of drug-likeness (QED) is 0.476. The molecule has 1 aliphatic heterocycles. The van der Waals surface area contributed by atoms with Gasteiger partial charge in [0.2, 0.25) is 0 Å². The van der Waals surface area contributed by atoms with Gasteiger partial charge in [0.1, 0.15) is 6.04 Å². The lowest BCUT2D eigenvalue weighted by Gasteiger charge is -2.39. The fraction of sp³-hybridized carbons (Fsp3) is 0.438. The van der Waals surface area contributed by atoms with Crippen molar-refractivity contribution >= 4 is 5.97 Å². The van der Waals surface area contributed by atoms with Crippen molar-refractivity contribution in [3.63, 3.8) is 0 Å². The molecule has 1 aromatic rings. The number of ether oxygens (including phenoxy) is 1. The van der Waals surface area contributed by atoms with Crippen molar-refractivity contribution in [1.29, 1.82) is 0 Å². The first-order chi connectivity index (χ1) is 12.1. The van der Waals surface area contributed by atoms with Gasteiger partial charge in [-0.15, -0.1) is 0 Å². The number of carbonyl (C=O) groups excluding carboxylic acids is 1. The lowest BCUT2D eigenvalue weighted by atomic mass is 9.71. The molecule has 10 heteroatoms. The number of rotatable bonds is 4. The molecule has 1 heterocycles. The molecule has 7 nitrogen and oxygen atoms in total. The normalized spacial score (nSPS) is 25.8. The zero-order valence-electron chi connectivity index (χ0n) is 14.0. The average molecular weight is 373 g/mol. The Hall–Kier alpha value is -2.78. The second-order valence-corrected chi connectivity index (χ2v) is 5.85. The summed E-state index contributed by atoms with van der Waals surface area (Å²) in [5.41, 5.74) is 1.72. The largest absolute Gasteiger partial charge is 0.461 e. The highest BCUT2D eigenvalue weighted by molar-refractivity contribution is 5.83. The van der Waals surface area contributed by atoms with Gasteiger partial charge in [0.25, 0.3) is 0 Å². The fourth-order valence-electron chi connectivity index (χ4n) is 3.23. The van der Waals surface area contributed by atoms with E-state index in [0.717, 1.165) is 18.2 Å². The zero-order chi connectivity index (χ0) is 19.7. The minimum Gasteiger partial charge on any atom is -0.461 e. The van der Waals surface area contributed by atoms with Crippen LogP contribution in [-0.4, -0.2) is 29.1 Å². The van der Waals surface area contributed by atoms with Gasteiger partial charge in [0.15, 0.2) is 0 Å². The van der Waals surface area contributed by atoms with Crippen molar-refractivity contribution in [2.24, 2.45) is 5.73 Å². The molecule has 3 atom stereocenters. The van der Waals surface area contributed by atoms with E-state index in [1.807, 2.05) is 0 Å². The van der Waals surface area contributed by atoms with Crippen LogP contribution in [0.25, 0.3) is 0 Å². The molecule has 142 valence electrons. The van der Waals surface area contributed by atoms with Crippen LogP contribution in [0.5, 0.6) is 0 Å². The van der Waals surface area contributed by atoms with Crippen molar-refractivity contribution in [2.75, 3.05) is 6.61 Å². The van der Waals surface area contributed by atoms with Gasteiger partial charge in [-0.25, -0.2) is 4.79 Å². The van der Waals surface area contributed by atoms with Crippen LogP contribution in [0.15, 0.2) is 36.2 Å². The third kappa shape index (κ3) is 3.06. The standard InChI is InChI=1S/C16H18F3N3O4/c1-3-26-14(23)15(22(24)25)9(2)21-13(20)8-12(15)10-6-4-5-7-11(10)16(17,18)19/h4-9,12,21H,3,20H2,1-2H3. The number of nitrogens with one attached hydrogen (secondary N) is 1. The highest BCUT2D eigenvalue weighted by Gasteiger charge is 2.65. The maximum absolute atomic E-state index is 13.4. The number of nitro groups is 1. The number of halogens is 3. The SMILES string of the molecule is CCOC(=O)C1([N+](=O)[O-])C(C)NC(N)=CC1c1ccccc1C(F)(F)F. The highest BCUT2D eigenvalue weighted by atomic mass is 19.4. The van der Waals surface area contributed by atoms with E-state index in [0.29, 0.717) is 0 Å². The van der Waals surface area contributed by atoms with Crippen LogP contribution >= 0.6 is 0 Å². The van der Waals surface area contributed by atoms with Gasteiger partial charge in [-0.1, -0.05) is 18.2 Å². The molecular formula is C16H18F3N3O4. The Balaban J connectivity index is 2.79. The van der Waals surface area contributed by atoms with Crippen molar-refractivity contribution in [2.45, 2.75) is 37.5 Å². The van der Waals surface area contributed by atoms with Crippen LogP contribution in [-0.2, 0) is 15.7 Å². The van der Waals surface area contributed by atoms with Crippen LogP contribution < -0.4 is 11.1 Å². The summed E-state index contributed by atoms with van der Waals surface area (Å²) in [5, 5.41) is 14.5. The Morgan fingerprint density at radius 2 is 2.04 bits per heavy atom. The average Bonchev–Trinajstić information content (AvgIpc) is 2.53. The van der Waals surface area contributed by atoms with E-state index < -0.39 is 45.7 Å². The van der Waals surface area contributed by atoms with E-state index in [1.54, 1.807) is 0 Å². The van der Waals surface area contributed by atoms with Crippen molar-refractivity contribution in [3.05, 3.63) is 57.4 Å². The molecule has 0 aliphatic carbocycles. The monoisotopic (exact) mass is 373 g/mol. The molecule has 1 aliphatic rings. The van der Waals surface area contributed by atoms with E-state index in [9.17, 15) is 28.1 Å². The first kappa shape index (κ1) is 19.5. The maximum Gasteiger partial charge on any atom is 0.416 e. The molecule has 0 fully saturated rings. The Morgan fingerprint density at radius 3 is 2.58 bits per heavy atom. The molecule has 26 heavy (non-hydrogen) atoms. The van der Waals surface area contributed by atoms with Crippen LogP contribution in [0.4, 0.5) is 13.2 Å². The van der Waals surface area contributed by atoms with Crippen LogP contribution in [0, 0.1) is 10.1 Å². The van der Waals surface area contributed by atoms with Gasteiger partial charge < -0.3 is 15.8 Å². The van der Waals surface area contributed by atoms with E-state index >= 15 is 0 Å². The summed E-state index contributed by atoms with van der Waals surface area (Å²) in [4.78, 5) is 23.6. The van der Waals surface area contributed by atoms with E-state index in [1.165, 1.54) is 26.0 Å².